The molecule has 3 heterocycles. The van der Waals surface area contributed by atoms with Crippen LogP contribution in [0, 0.1) is 0 Å². The molecule has 0 atom stereocenters. The number of aromatic nitrogens is 3. The molecule has 0 bridgehead atoms. The van der Waals surface area contributed by atoms with E-state index in [1.165, 1.54) is 11.3 Å². The Labute approximate surface area is 149 Å². The predicted octanol–water partition coefficient (Wildman–Crippen LogP) is 2.09. The summed E-state index contributed by atoms with van der Waals surface area (Å²) in [7, 11) is 2.11. The van der Waals surface area contributed by atoms with Crippen molar-refractivity contribution in [1.29, 1.82) is 0 Å². The summed E-state index contributed by atoms with van der Waals surface area (Å²) in [5.74, 6) is 0.531. The molecule has 1 N–H and O–H groups in total. The van der Waals surface area contributed by atoms with Gasteiger partial charge in [0.15, 0.2) is 0 Å². The highest BCUT2D eigenvalue weighted by Crippen LogP contribution is 2.20. The zero-order valence-electron chi connectivity index (χ0n) is 13.8. The highest BCUT2D eigenvalue weighted by molar-refractivity contribution is 7.16. The highest BCUT2D eigenvalue weighted by Gasteiger charge is 2.16. The fourth-order valence-electron chi connectivity index (χ4n) is 2.76. The SMILES string of the molecule is CN1CCN(c2ncc(NC(=O)c3ccc4ncsc4c3)cn2)CC1. The van der Waals surface area contributed by atoms with E-state index >= 15 is 0 Å². The van der Waals surface area contributed by atoms with E-state index in [0.717, 1.165) is 36.4 Å². The maximum Gasteiger partial charge on any atom is 0.255 e. The topological polar surface area (TPSA) is 74.2 Å². The number of nitrogens with zero attached hydrogens (tertiary/aromatic N) is 5. The predicted molar refractivity (Wildman–Crippen MR) is 99.3 cm³/mol. The molecule has 0 spiro atoms. The molecule has 3 aromatic rings. The average Bonchev–Trinajstić information content (AvgIpc) is 3.11. The molecule has 0 aliphatic carbocycles. The van der Waals surface area contributed by atoms with Crippen LogP contribution in [0.2, 0.25) is 0 Å². The fourth-order valence-corrected chi connectivity index (χ4v) is 3.47. The summed E-state index contributed by atoms with van der Waals surface area (Å²) in [6.45, 7) is 3.83. The van der Waals surface area contributed by atoms with Crippen molar-refractivity contribution < 1.29 is 4.79 Å². The molecule has 4 rings (SSSR count). The first-order valence-corrected chi connectivity index (χ1v) is 8.97. The second-order valence-electron chi connectivity index (χ2n) is 6.05. The lowest BCUT2D eigenvalue weighted by Crippen LogP contribution is -2.45. The van der Waals surface area contributed by atoms with Gasteiger partial charge in [-0.3, -0.25) is 4.79 Å². The number of rotatable bonds is 3. The summed E-state index contributed by atoms with van der Waals surface area (Å²) in [5, 5.41) is 2.85. The summed E-state index contributed by atoms with van der Waals surface area (Å²) < 4.78 is 0.995. The number of hydrogen-bond donors (Lipinski definition) is 1. The Hall–Kier alpha value is -2.58. The van der Waals surface area contributed by atoms with Gasteiger partial charge in [0.25, 0.3) is 5.91 Å². The number of thiazole rings is 1. The zero-order valence-corrected chi connectivity index (χ0v) is 14.7. The first-order valence-electron chi connectivity index (χ1n) is 8.09. The van der Waals surface area contributed by atoms with Crippen molar-refractivity contribution in [3.8, 4) is 0 Å². The number of carbonyl (C=O) groups is 1. The van der Waals surface area contributed by atoms with E-state index in [9.17, 15) is 4.79 Å². The van der Waals surface area contributed by atoms with Gasteiger partial charge in [-0.15, -0.1) is 11.3 Å². The lowest BCUT2D eigenvalue weighted by molar-refractivity contribution is 0.102. The van der Waals surface area contributed by atoms with Crippen LogP contribution in [-0.4, -0.2) is 59.0 Å². The third-order valence-electron chi connectivity index (χ3n) is 4.28. The Morgan fingerprint density at radius 1 is 1.12 bits per heavy atom. The fraction of sp³-hybridized carbons (Fsp3) is 0.294. The first-order chi connectivity index (χ1) is 12.2. The Balaban J connectivity index is 1.44. The number of piperazine rings is 1. The molecule has 25 heavy (non-hydrogen) atoms. The molecule has 0 unspecified atom stereocenters. The van der Waals surface area contributed by atoms with Gasteiger partial charge in [0.1, 0.15) is 0 Å². The molecule has 1 aromatic carbocycles. The van der Waals surface area contributed by atoms with Crippen molar-refractivity contribution in [1.82, 2.24) is 19.9 Å². The van der Waals surface area contributed by atoms with Gasteiger partial charge in [-0.05, 0) is 25.2 Å². The van der Waals surface area contributed by atoms with Gasteiger partial charge >= 0.3 is 0 Å². The number of amides is 1. The molecule has 1 aliphatic heterocycles. The van der Waals surface area contributed by atoms with E-state index in [4.69, 9.17) is 0 Å². The molecule has 1 saturated heterocycles. The summed E-state index contributed by atoms with van der Waals surface area (Å²) in [6, 6.07) is 5.48. The number of anilines is 2. The minimum atomic E-state index is -0.175. The third kappa shape index (κ3) is 3.45. The number of nitrogens with one attached hydrogen (secondary N) is 1. The van der Waals surface area contributed by atoms with Gasteiger partial charge in [0, 0.05) is 31.7 Å². The number of likely N-dealkylation sites (N-methyl/N-ethyl adjacent to an activating group) is 1. The van der Waals surface area contributed by atoms with Crippen molar-refractivity contribution >= 4 is 39.1 Å². The monoisotopic (exact) mass is 354 g/mol. The van der Waals surface area contributed by atoms with E-state index < -0.39 is 0 Å². The number of hydrogen-bond acceptors (Lipinski definition) is 7. The number of fused-ring (bicyclic) bond motifs is 1. The van der Waals surface area contributed by atoms with Gasteiger partial charge < -0.3 is 15.1 Å². The molecule has 0 radical (unpaired) electrons. The van der Waals surface area contributed by atoms with Gasteiger partial charge in [-0.25, -0.2) is 15.0 Å². The molecule has 1 amide bonds. The molecule has 2 aromatic heterocycles. The lowest BCUT2D eigenvalue weighted by atomic mass is 10.2. The summed E-state index contributed by atoms with van der Waals surface area (Å²) in [6.07, 6.45) is 3.31. The second-order valence-corrected chi connectivity index (χ2v) is 6.94. The molecule has 8 heteroatoms. The van der Waals surface area contributed by atoms with Gasteiger partial charge in [-0.1, -0.05) is 0 Å². The van der Waals surface area contributed by atoms with E-state index in [-0.39, 0.29) is 5.91 Å². The molecule has 0 saturated carbocycles. The summed E-state index contributed by atoms with van der Waals surface area (Å²) in [4.78, 5) is 29.8. The van der Waals surface area contributed by atoms with Crippen LogP contribution in [0.4, 0.5) is 11.6 Å². The Kier molecular flexibility index (Phi) is 4.29. The summed E-state index contributed by atoms with van der Waals surface area (Å²) in [5.41, 5.74) is 3.87. The van der Waals surface area contributed by atoms with Crippen molar-refractivity contribution in [2.45, 2.75) is 0 Å². The van der Waals surface area contributed by atoms with Crippen LogP contribution in [0.1, 0.15) is 10.4 Å². The molecule has 1 aliphatic rings. The maximum atomic E-state index is 12.4. The van der Waals surface area contributed by atoms with Gasteiger partial charge in [0.05, 0.1) is 33.8 Å². The van der Waals surface area contributed by atoms with Gasteiger partial charge in [-0.2, -0.15) is 0 Å². The molecular formula is C17H18N6OS. The van der Waals surface area contributed by atoms with Crippen LogP contribution in [0.5, 0.6) is 0 Å². The average molecular weight is 354 g/mol. The Bertz CT molecular complexity index is 886. The third-order valence-corrected chi connectivity index (χ3v) is 5.07. The van der Waals surface area contributed by atoms with Crippen LogP contribution in [0.15, 0.2) is 36.1 Å². The van der Waals surface area contributed by atoms with E-state index in [1.807, 2.05) is 12.1 Å². The van der Waals surface area contributed by atoms with Crippen LogP contribution >= 0.6 is 11.3 Å². The minimum Gasteiger partial charge on any atom is -0.338 e. The standard InChI is InChI=1S/C17H18N6OS/c1-22-4-6-23(7-5-22)17-18-9-13(10-19-17)21-16(24)12-2-3-14-15(8-12)25-11-20-14/h2-3,8-11H,4-7H2,1H3,(H,21,24). The second kappa shape index (κ2) is 6.73. The van der Waals surface area contributed by atoms with E-state index in [2.05, 4.69) is 37.1 Å². The van der Waals surface area contributed by atoms with Crippen LogP contribution in [0.3, 0.4) is 0 Å². The van der Waals surface area contributed by atoms with Crippen LogP contribution in [0.25, 0.3) is 10.2 Å². The highest BCUT2D eigenvalue weighted by atomic mass is 32.1. The Morgan fingerprint density at radius 2 is 1.88 bits per heavy atom. The normalized spacial score (nSPS) is 15.5. The Morgan fingerprint density at radius 3 is 2.64 bits per heavy atom. The van der Waals surface area contributed by atoms with Crippen molar-refractivity contribution in [2.24, 2.45) is 0 Å². The summed E-state index contributed by atoms with van der Waals surface area (Å²) >= 11 is 1.52. The quantitative estimate of drug-likeness (QED) is 0.776. The molecule has 128 valence electrons. The minimum absolute atomic E-state index is 0.175. The smallest absolute Gasteiger partial charge is 0.255 e. The van der Waals surface area contributed by atoms with Crippen molar-refractivity contribution in [3.05, 3.63) is 41.7 Å². The molecule has 1 fully saturated rings. The molecule has 7 nitrogen and oxygen atoms in total. The maximum absolute atomic E-state index is 12.4. The van der Waals surface area contributed by atoms with Crippen molar-refractivity contribution in [3.63, 3.8) is 0 Å². The van der Waals surface area contributed by atoms with Gasteiger partial charge in [0.2, 0.25) is 5.95 Å². The van der Waals surface area contributed by atoms with Crippen LogP contribution < -0.4 is 10.2 Å². The van der Waals surface area contributed by atoms with E-state index in [0.29, 0.717) is 17.2 Å². The molecular weight excluding hydrogens is 336 g/mol. The van der Waals surface area contributed by atoms with E-state index in [1.54, 1.807) is 24.0 Å². The lowest BCUT2D eigenvalue weighted by Gasteiger charge is -2.32. The van der Waals surface area contributed by atoms with Crippen molar-refractivity contribution in [2.75, 3.05) is 43.4 Å². The number of carbonyl (C=O) groups excluding carboxylic acids is 1. The largest absolute Gasteiger partial charge is 0.338 e. The zero-order chi connectivity index (χ0) is 17.2. The van der Waals surface area contributed by atoms with Crippen LogP contribution in [-0.2, 0) is 0 Å². The first kappa shape index (κ1) is 15.9. The number of benzene rings is 1.